The fourth-order valence-corrected chi connectivity index (χ4v) is 4.71. The Morgan fingerprint density at radius 2 is 2.26 bits per heavy atom. The molecule has 2 saturated heterocycles. The van der Waals surface area contributed by atoms with Crippen molar-refractivity contribution in [3.05, 3.63) is 12.2 Å². The van der Waals surface area contributed by atoms with Gasteiger partial charge in [0, 0.05) is 12.5 Å². The molecule has 0 aromatic rings. The Morgan fingerprint density at radius 1 is 1.52 bits per heavy atom. The van der Waals surface area contributed by atoms with Crippen LogP contribution in [0.25, 0.3) is 0 Å². The highest BCUT2D eigenvalue weighted by Gasteiger charge is 2.72. The molecule has 0 spiro atoms. The van der Waals surface area contributed by atoms with E-state index in [4.69, 9.17) is 4.74 Å². The Hall–Kier alpha value is -0.950. The van der Waals surface area contributed by atoms with Crippen LogP contribution in [0.5, 0.6) is 0 Å². The molecule has 0 saturated carbocycles. The van der Waals surface area contributed by atoms with Gasteiger partial charge in [0.25, 0.3) is 0 Å². The van der Waals surface area contributed by atoms with E-state index >= 15 is 0 Å². The monoisotopic (exact) mass is 325 g/mol. The number of carbonyl (C=O) groups excluding carboxylic acids is 1. The Bertz CT molecular complexity index is 505. The van der Waals surface area contributed by atoms with Gasteiger partial charge in [-0.2, -0.15) is 0 Å². The lowest BCUT2D eigenvalue weighted by molar-refractivity contribution is -0.141. The first-order chi connectivity index (χ1) is 10.9. The second kappa shape index (κ2) is 5.84. The molecule has 3 N–H and O–H groups in total. The van der Waals surface area contributed by atoms with Crippen LogP contribution in [0, 0.1) is 11.8 Å². The molecule has 3 aliphatic rings. The van der Waals surface area contributed by atoms with Crippen molar-refractivity contribution in [3.63, 3.8) is 0 Å². The summed E-state index contributed by atoms with van der Waals surface area (Å²) in [6, 6.07) is 0. The maximum absolute atomic E-state index is 12.8. The summed E-state index contributed by atoms with van der Waals surface area (Å²) < 4.78 is 5.67. The molecule has 1 amide bonds. The van der Waals surface area contributed by atoms with E-state index in [0.717, 1.165) is 19.3 Å². The second-order valence-corrected chi connectivity index (χ2v) is 7.22. The third-order valence-corrected chi connectivity index (χ3v) is 6.03. The first-order valence-electron chi connectivity index (χ1n) is 8.50. The molecule has 130 valence electrons. The number of amides is 1. The zero-order chi connectivity index (χ0) is 16.8. The van der Waals surface area contributed by atoms with E-state index in [1.54, 1.807) is 13.8 Å². The molecule has 23 heavy (non-hydrogen) atoms. The van der Waals surface area contributed by atoms with Crippen molar-refractivity contribution in [3.8, 4) is 0 Å². The molecule has 0 unspecified atom stereocenters. The van der Waals surface area contributed by atoms with Gasteiger partial charge in [-0.25, -0.2) is 0 Å². The topological polar surface area (TPSA) is 90.2 Å². The summed E-state index contributed by atoms with van der Waals surface area (Å²) in [7, 11) is 0. The van der Waals surface area contributed by atoms with Crippen molar-refractivity contribution in [2.75, 3.05) is 13.2 Å². The lowest BCUT2D eigenvalue weighted by Gasteiger charge is -2.46. The number of rotatable bonds is 4. The number of aliphatic hydroxyl groups excluding tert-OH is 2. The Kier molecular flexibility index (Phi) is 4.29. The predicted molar refractivity (Wildman–Crippen MR) is 83.3 cm³/mol. The molecule has 2 aliphatic heterocycles. The van der Waals surface area contributed by atoms with Crippen molar-refractivity contribution in [2.45, 2.75) is 63.0 Å². The Balaban J connectivity index is 2.03. The van der Waals surface area contributed by atoms with E-state index in [2.05, 4.69) is 0 Å². The first-order valence-corrected chi connectivity index (χ1v) is 8.50. The molecule has 6 nitrogen and oxygen atoms in total. The number of aliphatic hydroxyl groups is 3. The van der Waals surface area contributed by atoms with Gasteiger partial charge < -0.3 is 25.0 Å². The van der Waals surface area contributed by atoms with E-state index in [9.17, 15) is 20.1 Å². The van der Waals surface area contributed by atoms with Gasteiger partial charge in [-0.1, -0.05) is 12.2 Å². The van der Waals surface area contributed by atoms with Gasteiger partial charge in [-0.15, -0.1) is 0 Å². The number of fused-ring (bicyclic) bond motifs is 1. The summed E-state index contributed by atoms with van der Waals surface area (Å²) in [6.45, 7) is 3.30. The highest BCUT2D eigenvalue weighted by Crippen LogP contribution is 2.52. The summed E-state index contributed by atoms with van der Waals surface area (Å²) in [5, 5.41) is 31.7. The fourth-order valence-electron chi connectivity index (χ4n) is 4.71. The highest BCUT2D eigenvalue weighted by atomic mass is 16.5. The largest absolute Gasteiger partial charge is 0.396 e. The molecule has 6 heteroatoms. The van der Waals surface area contributed by atoms with Gasteiger partial charge in [-0.3, -0.25) is 4.79 Å². The average molecular weight is 325 g/mol. The number of hydrogen-bond donors (Lipinski definition) is 3. The van der Waals surface area contributed by atoms with E-state index in [0.29, 0.717) is 0 Å². The van der Waals surface area contributed by atoms with E-state index in [-0.39, 0.29) is 31.5 Å². The zero-order valence-electron chi connectivity index (χ0n) is 13.8. The zero-order valence-corrected chi connectivity index (χ0v) is 13.8. The Morgan fingerprint density at radius 3 is 2.87 bits per heavy atom. The molecule has 0 radical (unpaired) electrons. The van der Waals surface area contributed by atoms with Crippen LogP contribution >= 0.6 is 0 Å². The van der Waals surface area contributed by atoms with E-state index in [1.807, 2.05) is 12.2 Å². The number of ether oxygens (including phenoxy) is 1. The summed E-state index contributed by atoms with van der Waals surface area (Å²) in [6.07, 6.45) is 5.65. The molecule has 0 bridgehead atoms. The van der Waals surface area contributed by atoms with Crippen LogP contribution in [0.1, 0.15) is 39.5 Å². The number of carbonyl (C=O) groups is 1. The fraction of sp³-hybridized carbons (Fsp3) is 0.824. The van der Waals surface area contributed by atoms with Gasteiger partial charge in [0.15, 0.2) is 0 Å². The molecule has 2 heterocycles. The van der Waals surface area contributed by atoms with Crippen LogP contribution in [0.3, 0.4) is 0 Å². The van der Waals surface area contributed by atoms with Gasteiger partial charge >= 0.3 is 0 Å². The molecular formula is C17H27NO5. The van der Waals surface area contributed by atoms with Crippen molar-refractivity contribution >= 4 is 5.91 Å². The van der Waals surface area contributed by atoms with Crippen LogP contribution in [0.2, 0.25) is 0 Å². The van der Waals surface area contributed by atoms with Gasteiger partial charge in [-0.05, 0) is 39.5 Å². The number of allylic oxidation sites excluding steroid dienone is 1. The van der Waals surface area contributed by atoms with Gasteiger partial charge in [0.05, 0.1) is 18.6 Å². The minimum absolute atomic E-state index is 0.104. The van der Waals surface area contributed by atoms with Crippen LogP contribution in [-0.2, 0) is 9.53 Å². The van der Waals surface area contributed by atoms with Crippen LogP contribution in [0.4, 0.5) is 0 Å². The molecule has 0 aromatic carbocycles. The lowest BCUT2D eigenvalue weighted by Crippen LogP contribution is -2.66. The number of nitrogens with zero attached hydrogens (tertiary/aromatic N) is 1. The third kappa shape index (κ3) is 2.19. The number of hydrogen-bond acceptors (Lipinski definition) is 5. The van der Waals surface area contributed by atoms with Gasteiger partial charge in [0.1, 0.15) is 17.4 Å². The lowest BCUT2D eigenvalue weighted by atomic mass is 9.68. The third-order valence-electron chi connectivity index (χ3n) is 6.03. The summed E-state index contributed by atoms with van der Waals surface area (Å²) in [4.78, 5) is 14.4. The van der Waals surface area contributed by atoms with Crippen molar-refractivity contribution in [1.82, 2.24) is 4.90 Å². The van der Waals surface area contributed by atoms with E-state index in [1.165, 1.54) is 4.90 Å². The van der Waals surface area contributed by atoms with Gasteiger partial charge in [0.2, 0.25) is 5.91 Å². The second-order valence-electron chi connectivity index (χ2n) is 7.22. The minimum atomic E-state index is -1.46. The van der Waals surface area contributed by atoms with Crippen molar-refractivity contribution in [2.24, 2.45) is 11.8 Å². The molecule has 0 aromatic heterocycles. The maximum atomic E-state index is 12.8. The molecule has 1 aliphatic carbocycles. The van der Waals surface area contributed by atoms with Crippen LogP contribution in [0.15, 0.2) is 12.2 Å². The highest BCUT2D eigenvalue weighted by molar-refractivity contribution is 5.85. The standard InChI is InChI=1S/C17H27NO5/c1-11-18-15(21)13(8-9-19)16(2,22)17(18,10-23-11)14(20)12-6-4-3-5-7-12/h4,6,11-14,19-20,22H,3,5,7-10H2,1-2H3/t11-,12+,13-,14+,16-,17+/m0/s1. The maximum Gasteiger partial charge on any atom is 0.231 e. The smallest absolute Gasteiger partial charge is 0.231 e. The molecule has 6 atom stereocenters. The molecule has 3 rings (SSSR count). The minimum Gasteiger partial charge on any atom is -0.396 e. The quantitative estimate of drug-likeness (QED) is 0.652. The average Bonchev–Trinajstić information content (AvgIpc) is 2.97. The summed E-state index contributed by atoms with van der Waals surface area (Å²) in [5.41, 5.74) is -2.61. The summed E-state index contributed by atoms with van der Waals surface area (Å²) >= 11 is 0. The van der Waals surface area contributed by atoms with E-state index < -0.39 is 29.4 Å². The first kappa shape index (κ1) is 16.9. The SMILES string of the molecule is C[C@@H]1OC[C@]2([C@H](O)[C@@H]3C=CCCC3)N1C(=O)[C@H](CCO)[C@]2(C)O. The van der Waals surface area contributed by atoms with Crippen molar-refractivity contribution in [1.29, 1.82) is 0 Å². The molecule has 2 fully saturated rings. The van der Waals surface area contributed by atoms with Crippen LogP contribution in [-0.4, -0.2) is 62.8 Å². The Labute approximate surface area is 136 Å². The van der Waals surface area contributed by atoms with Crippen molar-refractivity contribution < 1.29 is 24.9 Å². The predicted octanol–water partition coefficient (Wildman–Crippen LogP) is 0.410. The normalized spacial score (nSPS) is 44.7. The van der Waals surface area contributed by atoms with Crippen LogP contribution < -0.4 is 0 Å². The molecular weight excluding hydrogens is 298 g/mol. The summed E-state index contributed by atoms with van der Waals surface area (Å²) in [5.74, 6) is -1.07.